The van der Waals surface area contributed by atoms with Crippen molar-refractivity contribution in [2.75, 3.05) is 17.7 Å². The van der Waals surface area contributed by atoms with Gasteiger partial charge in [0.15, 0.2) is 11.5 Å². The van der Waals surface area contributed by atoms with Crippen LogP contribution in [0.1, 0.15) is 37.0 Å². The Bertz CT molecular complexity index is 1100. The number of nitrogens with one attached hydrogen (secondary N) is 2. The molecule has 0 aliphatic heterocycles. The molecule has 5 nitrogen and oxygen atoms in total. The van der Waals surface area contributed by atoms with Gasteiger partial charge in [-0.15, -0.1) is 0 Å². The topological polar surface area (TPSA) is 59.6 Å². The van der Waals surface area contributed by atoms with Crippen molar-refractivity contribution in [1.29, 1.82) is 0 Å². The first-order chi connectivity index (χ1) is 15.8. The van der Waals surface area contributed by atoms with E-state index in [0.717, 1.165) is 22.5 Å². The first-order valence-corrected chi connectivity index (χ1v) is 11.4. The monoisotopic (exact) mass is 466 g/mol. The summed E-state index contributed by atoms with van der Waals surface area (Å²) in [6, 6.07) is 19.5. The van der Waals surface area contributed by atoms with Crippen LogP contribution >= 0.6 is 11.6 Å². The standard InChI is InChI=1S/C27H31ClN2O3/c1-18(2)11-27(31)30-23-10-6-9-22(14-23)29-16-21-13-25(32-4)26(15-24(21)28)33-17-20-8-5-7-19(3)12-20/h5-10,12-15,18,29H,11,16-17H2,1-4H3,(H,30,31). The summed E-state index contributed by atoms with van der Waals surface area (Å²) in [5.74, 6) is 1.55. The lowest BCUT2D eigenvalue weighted by atomic mass is 10.1. The van der Waals surface area contributed by atoms with E-state index in [-0.39, 0.29) is 5.91 Å². The summed E-state index contributed by atoms with van der Waals surface area (Å²) in [5, 5.41) is 6.88. The Morgan fingerprint density at radius 2 is 1.76 bits per heavy atom. The maximum absolute atomic E-state index is 12.0. The van der Waals surface area contributed by atoms with Crippen molar-refractivity contribution in [3.63, 3.8) is 0 Å². The lowest BCUT2D eigenvalue weighted by molar-refractivity contribution is -0.116. The van der Waals surface area contributed by atoms with E-state index in [0.29, 0.717) is 42.0 Å². The Kier molecular flexibility index (Phi) is 8.61. The van der Waals surface area contributed by atoms with Crippen molar-refractivity contribution in [2.24, 2.45) is 5.92 Å². The van der Waals surface area contributed by atoms with Crippen LogP contribution in [0.15, 0.2) is 60.7 Å². The molecule has 0 radical (unpaired) electrons. The van der Waals surface area contributed by atoms with E-state index in [2.05, 4.69) is 29.7 Å². The van der Waals surface area contributed by atoms with Crippen molar-refractivity contribution in [3.8, 4) is 11.5 Å². The fourth-order valence-corrected chi connectivity index (χ4v) is 3.66. The van der Waals surface area contributed by atoms with Crippen LogP contribution in [0.25, 0.3) is 0 Å². The van der Waals surface area contributed by atoms with Crippen LogP contribution in [0.3, 0.4) is 0 Å². The molecule has 3 rings (SSSR count). The first kappa shape index (κ1) is 24.5. The van der Waals surface area contributed by atoms with Gasteiger partial charge in [-0.05, 0) is 48.2 Å². The second kappa shape index (κ2) is 11.6. The van der Waals surface area contributed by atoms with Gasteiger partial charge >= 0.3 is 0 Å². The number of hydrogen-bond acceptors (Lipinski definition) is 4. The van der Waals surface area contributed by atoms with Crippen molar-refractivity contribution >= 4 is 28.9 Å². The third-order valence-electron chi connectivity index (χ3n) is 5.03. The van der Waals surface area contributed by atoms with E-state index in [1.807, 2.05) is 56.3 Å². The average Bonchev–Trinajstić information content (AvgIpc) is 2.76. The SMILES string of the molecule is COc1cc(CNc2cccc(NC(=O)CC(C)C)c2)c(Cl)cc1OCc1cccc(C)c1. The van der Waals surface area contributed by atoms with Crippen LogP contribution in [0, 0.1) is 12.8 Å². The van der Waals surface area contributed by atoms with Crippen LogP contribution in [0.4, 0.5) is 11.4 Å². The minimum absolute atomic E-state index is 0.0104. The Balaban J connectivity index is 1.65. The zero-order valence-corrected chi connectivity index (χ0v) is 20.3. The Morgan fingerprint density at radius 3 is 2.48 bits per heavy atom. The van der Waals surface area contributed by atoms with Crippen LogP contribution < -0.4 is 20.1 Å². The smallest absolute Gasteiger partial charge is 0.224 e. The first-order valence-electron chi connectivity index (χ1n) is 11.0. The lowest BCUT2D eigenvalue weighted by Crippen LogP contribution is -2.13. The molecule has 0 heterocycles. The van der Waals surface area contributed by atoms with E-state index < -0.39 is 0 Å². The number of anilines is 2. The molecule has 33 heavy (non-hydrogen) atoms. The highest BCUT2D eigenvalue weighted by molar-refractivity contribution is 6.31. The highest BCUT2D eigenvalue weighted by atomic mass is 35.5. The molecule has 0 spiro atoms. The van der Waals surface area contributed by atoms with Gasteiger partial charge in [-0.3, -0.25) is 4.79 Å². The summed E-state index contributed by atoms with van der Waals surface area (Å²) in [4.78, 5) is 12.0. The maximum Gasteiger partial charge on any atom is 0.224 e. The summed E-state index contributed by atoms with van der Waals surface area (Å²) in [6.45, 7) is 7.03. The fraction of sp³-hybridized carbons (Fsp3) is 0.296. The Labute approximate surface area is 201 Å². The molecular weight excluding hydrogens is 436 g/mol. The summed E-state index contributed by atoms with van der Waals surface area (Å²) >= 11 is 6.55. The third-order valence-corrected chi connectivity index (χ3v) is 5.38. The molecule has 2 N–H and O–H groups in total. The number of rotatable bonds is 10. The van der Waals surface area contributed by atoms with Gasteiger partial charge in [0, 0.05) is 35.4 Å². The van der Waals surface area contributed by atoms with Gasteiger partial charge in [0.05, 0.1) is 7.11 Å². The molecular formula is C27H31ClN2O3. The van der Waals surface area contributed by atoms with Crippen molar-refractivity contribution in [1.82, 2.24) is 0 Å². The zero-order chi connectivity index (χ0) is 23.8. The van der Waals surface area contributed by atoms with E-state index in [9.17, 15) is 4.79 Å². The molecule has 0 aliphatic carbocycles. The summed E-state index contributed by atoms with van der Waals surface area (Å²) in [7, 11) is 1.61. The molecule has 174 valence electrons. The van der Waals surface area contributed by atoms with Crippen molar-refractivity contribution in [3.05, 3.63) is 82.4 Å². The van der Waals surface area contributed by atoms with Gasteiger partial charge in [-0.1, -0.05) is 61.3 Å². The van der Waals surface area contributed by atoms with Gasteiger partial charge in [0.1, 0.15) is 6.61 Å². The largest absolute Gasteiger partial charge is 0.493 e. The average molecular weight is 467 g/mol. The van der Waals surface area contributed by atoms with Gasteiger partial charge in [0.25, 0.3) is 0 Å². The molecule has 0 unspecified atom stereocenters. The maximum atomic E-state index is 12.0. The fourth-order valence-electron chi connectivity index (χ4n) is 3.44. The van der Waals surface area contributed by atoms with Gasteiger partial charge < -0.3 is 20.1 Å². The van der Waals surface area contributed by atoms with Gasteiger partial charge in [0.2, 0.25) is 5.91 Å². The minimum Gasteiger partial charge on any atom is -0.493 e. The van der Waals surface area contributed by atoms with E-state index in [1.54, 1.807) is 13.2 Å². The molecule has 0 bridgehead atoms. The van der Waals surface area contributed by atoms with E-state index >= 15 is 0 Å². The Morgan fingerprint density at radius 1 is 1.00 bits per heavy atom. The number of carbonyl (C=O) groups is 1. The lowest BCUT2D eigenvalue weighted by Gasteiger charge is -2.15. The number of ether oxygens (including phenoxy) is 2. The van der Waals surface area contributed by atoms with Gasteiger partial charge in [-0.25, -0.2) is 0 Å². The molecule has 3 aromatic rings. The second-order valence-corrected chi connectivity index (χ2v) is 8.86. The normalized spacial score (nSPS) is 10.7. The number of hydrogen-bond donors (Lipinski definition) is 2. The molecule has 0 fully saturated rings. The zero-order valence-electron chi connectivity index (χ0n) is 19.6. The van der Waals surface area contributed by atoms with Crippen LogP contribution in [-0.2, 0) is 17.9 Å². The Hall–Kier alpha value is -3.18. The molecule has 0 aliphatic rings. The minimum atomic E-state index is 0.0104. The highest BCUT2D eigenvalue weighted by Gasteiger charge is 2.12. The molecule has 0 saturated heterocycles. The van der Waals surface area contributed by atoms with Crippen LogP contribution in [-0.4, -0.2) is 13.0 Å². The summed E-state index contributed by atoms with van der Waals surface area (Å²) in [6.07, 6.45) is 0.491. The number of methoxy groups -OCH3 is 1. The molecule has 1 amide bonds. The van der Waals surface area contributed by atoms with Crippen LogP contribution in [0.2, 0.25) is 5.02 Å². The third kappa shape index (κ3) is 7.43. The number of halogens is 1. The number of aryl methyl sites for hydroxylation is 1. The molecule has 3 aromatic carbocycles. The quantitative estimate of drug-likeness (QED) is 0.343. The number of amides is 1. The highest BCUT2D eigenvalue weighted by Crippen LogP contribution is 2.34. The second-order valence-electron chi connectivity index (χ2n) is 8.45. The van der Waals surface area contributed by atoms with E-state index in [1.165, 1.54) is 5.56 Å². The van der Waals surface area contributed by atoms with Gasteiger partial charge in [-0.2, -0.15) is 0 Å². The number of carbonyl (C=O) groups excluding carboxylic acids is 1. The molecule has 0 aromatic heterocycles. The predicted octanol–water partition coefficient (Wildman–Crippen LogP) is 6.83. The number of benzene rings is 3. The molecule has 6 heteroatoms. The summed E-state index contributed by atoms with van der Waals surface area (Å²) in [5.41, 5.74) is 4.79. The van der Waals surface area contributed by atoms with Crippen molar-refractivity contribution in [2.45, 2.75) is 40.3 Å². The predicted molar refractivity (Wildman–Crippen MR) is 135 cm³/mol. The van der Waals surface area contributed by atoms with Crippen LogP contribution in [0.5, 0.6) is 11.5 Å². The molecule has 0 saturated carbocycles. The van der Waals surface area contributed by atoms with Crippen molar-refractivity contribution < 1.29 is 14.3 Å². The van der Waals surface area contributed by atoms with E-state index in [4.69, 9.17) is 21.1 Å². The summed E-state index contributed by atoms with van der Waals surface area (Å²) < 4.78 is 11.5. The molecule has 0 atom stereocenters.